The van der Waals surface area contributed by atoms with E-state index < -0.39 is 6.43 Å². The molecule has 2 rings (SSSR count). The van der Waals surface area contributed by atoms with Crippen molar-refractivity contribution in [3.8, 4) is 0 Å². The smallest absolute Gasteiger partial charge is 0.263 e. The average molecular weight is 334 g/mol. The Labute approximate surface area is 135 Å². The van der Waals surface area contributed by atoms with Crippen LogP contribution in [0.5, 0.6) is 0 Å². The van der Waals surface area contributed by atoms with Gasteiger partial charge >= 0.3 is 0 Å². The lowest BCUT2D eigenvalue weighted by Gasteiger charge is -2.29. The van der Waals surface area contributed by atoms with Gasteiger partial charge in [-0.3, -0.25) is 9.69 Å². The van der Waals surface area contributed by atoms with Crippen molar-refractivity contribution in [3.05, 3.63) is 35.4 Å². The zero-order valence-corrected chi connectivity index (χ0v) is 13.4. The molecule has 1 saturated heterocycles. The molecule has 1 aliphatic heterocycles. The van der Waals surface area contributed by atoms with Crippen LogP contribution in [0, 0.1) is 0 Å². The van der Waals surface area contributed by atoms with Gasteiger partial charge in [-0.2, -0.15) is 0 Å². The maximum Gasteiger partial charge on any atom is 0.263 e. The Morgan fingerprint density at radius 2 is 1.86 bits per heavy atom. The maximum absolute atomic E-state index is 12.5. The predicted molar refractivity (Wildman–Crippen MR) is 84.4 cm³/mol. The van der Waals surface area contributed by atoms with Gasteiger partial charge < -0.3 is 10.2 Å². The molecule has 1 N–H and O–H groups in total. The number of piperazine rings is 1. The summed E-state index contributed by atoms with van der Waals surface area (Å²) in [7, 11) is 1.86. The molecule has 0 spiro atoms. The second kappa shape index (κ2) is 9.02. The van der Waals surface area contributed by atoms with Gasteiger partial charge in [-0.05, 0) is 12.6 Å². The van der Waals surface area contributed by atoms with E-state index >= 15 is 0 Å². The minimum Gasteiger partial charge on any atom is -0.339 e. The van der Waals surface area contributed by atoms with Crippen molar-refractivity contribution < 1.29 is 13.6 Å². The number of alkyl halides is 2. The lowest BCUT2D eigenvalue weighted by atomic mass is 10.1. The third-order valence-corrected chi connectivity index (χ3v) is 3.56. The highest BCUT2D eigenvalue weighted by atomic mass is 35.5. The molecule has 0 atom stereocenters. The van der Waals surface area contributed by atoms with Crippen molar-refractivity contribution in [2.45, 2.75) is 13.0 Å². The molecular weight excluding hydrogens is 312 g/mol. The minimum absolute atomic E-state index is 0. The summed E-state index contributed by atoms with van der Waals surface area (Å²) >= 11 is 0. The van der Waals surface area contributed by atoms with Crippen molar-refractivity contribution in [3.63, 3.8) is 0 Å². The molecule has 1 aromatic rings. The fourth-order valence-electron chi connectivity index (χ4n) is 2.38. The van der Waals surface area contributed by atoms with Gasteiger partial charge in [-0.1, -0.05) is 24.3 Å². The molecule has 1 aliphatic rings. The molecule has 0 aliphatic carbocycles. The molecule has 1 amide bonds. The number of likely N-dealkylation sites (N-methyl/N-ethyl adjacent to an activating group) is 1. The van der Waals surface area contributed by atoms with Crippen LogP contribution in [0.4, 0.5) is 8.78 Å². The van der Waals surface area contributed by atoms with Crippen LogP contribution in [0.1, 0.15) is 17.6 Å². The number of carbonyl (C=O) groups excluding carboxylic acids is 1. The van der Waals surface area contributed by atoms with Crippen LogP contribution in [-0.4, -0.2) is 55.5 Å². The predicted octanol–water partition coefficient (Wildman–Crippen LogP) is 1.91. The molecule has 1 aromatic carbocycles. The monoisotopic (exact) mass is 333 g/mol. The van der Waals surface area contributed by atoms with Crippen LogP contribution in [-0.2, 0) is 11.3 Å². The molecule has 0 unspecified atom stereocenters. The third kappa shape index (κ3) is 5.51. The average Bonchev–Trinajstić information content (AvgIpc) is 2.48. The number of rotatable bonds is 5. The summed E-state index contributed by atoms with van der Waals surface area (Å²) in [5.41, 5.74) is 0.952. The molecule has 1 heterocycles. The van der Waals surface area contributed by atoms with Crippen LogP contribution in [0.2, 0.25) is 0 Å². The summed E-state index contributed by atoms with van der Waals surface area (Å²) in [5.74, 6) is 0.114. The van der Waals surface area contributed by atoms with Gasteiger partial charge in [-0.15, -0.1) is 12.4 Å². The summed E-state index contributed by atoms with van der Waals surface area (Å²) in [6, 6.07) is 6.25. The first-order valence-electron chi connectivity index (χ1n) is 7.10. The van der Waals surface area contributed by atoms with Crippen LogP contribution >= 0.6 is 12.4 Å². The van der Waals surface area contributed by atoms with Crippen LogP contribution in [0.3, 0.4) is 0 Å². The lowest BCUT2D eigenvalue weighted by Crippen LogP contribution is -2.49. The summed E-state index contributed by atoms with van der Waals surface area (Å²) < 4.78 is 24.9. The number of nitrogens with zero attached hydrogens (tertiary/aromatic N) is 2. The van der Waals surface area contributed by atoms with Crippen LogP contribution in [0.25, 0.3) is 0 Å². The van der Waals surface area contributed by atoms with E-state index in [9.17, 15) is 13.6 Å². The molecule has 0 radical (unpaired) electrons. The zero-order valence-electron chi connectivity index (χ0n) is 12.6. The van der Waals surface area contributed by atoms with E-state index in [1.807, 2.05) is 16.8 Å². The van der Waals surface area contributed by atoms with Gasteiger partial charge in [0.15, 0.2) is 0 Å². The summed E-state index contributed by atoms with van der Waals surface area (Å²) in [4.78, 5) is 15.9. The number of benzene rings is 1. The minimum atomic E-state index is -2.44. The van der Waals surface area contributed by atoms with E-state index in [4.69, 9.17) is 0 Å². The second-order valence-corrected chi connectivity index (χ2v) is 5.35. The van der Waals surface area contributed by atoms with Gasteiger partial charge in [0.2, 0.25) is 5.91 Å². The Hall–Kier alpha value is -1.24. The van der Waals surface area contributed by atoms with E-state index in [2.05, 4.69) is 5.32 Å². The van der Waals surface area contributed by atoms with Crippen molar-refractivity contribution in [2.24, 2.45) is 0 Å². The van der Waals surface area contributed by atoms with Crippen molar-refractivity contribution in [1.29, 1.82) is 0 Å². The molecule has 4 nitrogen and oxygen atoms in total. The molecule has 0 bridgehead atoms. The van der Waals surface area contributed by atoms with Gasteiger partial charge in [0, 0.05) is 38.3 Å². The Bertz CT molecular complexity index is 464. The number of hydrogen-bond donors (Lipinski definition) is 1. The van der Waals surface area contributed by atoms with E-state index in [-0.39, 0.29) is 23.9 Å². The van der Waals surface area contributed by atoms with Crippen molar-refractivity contribution >= 4 is 18.3 Å². The maximum atomic E-state index is 12.5. The standard InChI is InChI=1S/C15H21F2N3O.ClH/c1-19(11-14(21)20-8-6-18-7-9-20)10-12-2-4-13(5-3-12)15(16)17;/h2-5,15,18H,6-11H2,1H3;1H. The van der Waals surface area contributed by atoms with Crippen LogP contribution < -0.4 is 5.32 Å². The Balaban J connectivity index is 0.00000242. The van der Waals surface area contributed by atoms with E-state index in [1.54, 1.807) is 12.1 Å². The SMILES string of the molecule is CN(CC(=O)N1CCNCC1)Cc1ccc(C(F)F)cc1.Cl. The summed E-state index contributed by atoms with van der Waals surface area (Å²) in [6.07, 6.45) is -2.44. The van der Waals surface area contributed by atoms with Crippen molar-refractivity contribution in [2.75, 3.05) is 39.8 Å². The molecule has 22 heavy (non-hydrogen) atoms. The quantitative estimate of drug-likeness (QED) is 0.894. The van der Waals surface area contributed by atoms with Gasteiger partial charge in [0.05, 0.1) is 6.54 Å². The van der Waals surface area contributed by atoms with E-state index in [0.29, 0.717) is 13.1 Å². The summed E-state index contributed by atoms with van der Waals surface area (Å²) in [6.45, 7) is 4.08. The Morgan fingerprint density at radius 3 is 2.41 bits per heavy atom. The summed E-state index contributed by atoms with van der Waals surface area (Å²) in [5, 5.41) is 3.21. The van der Waals surface area contributed by atoms with Gasteiger partial charge in [-0.25, -0.2) is 8.78 Å². The Morgan fingerprint density at radius 1 is 1.27 bits per heavy atom. The third-order valence-electron chi connectivity index (χ3n) is 3.56. The molecule has 124 valence electrons. The molecule has 7 heteroatoms. The van der Waals surface area contributed by atoms with Crippen molar-refractivity contribution in [1.82, 2.24) is 15.1 Å². The fourth-order valence-corrected chi connectivity index (χ4v) is 2.38. The normalized spacial score (nSPS) is 15.0. The zero-order chi connectivity index (χ0) is 15.2. The van der Waals surface area contributed by atoms with Crippen LogP contribution in [0.15, 0.2) is 24.3 Å². The fraction of sp³-hybridized carbons (Fsp3) is 0.533. The highest BCUT2D eigenvalue weighted by Gasteiger charge is 2.17. The molecular formula is C15H22ClF2N3O. The van der Waals surface area contributed by atoms with E-state index in [0.717, 1.165) is 31.7 Å². The number of hydrogen-bond acceptors (Lipinski definition) is 3. The molecule has 0 aromatic heterocycles. The van der Waals surface area contributed by atoms with Gasteiger partial charge in [0.1, 0.15) is 0 Å². The number of halogens is 3. The second-order valence-electron chi connectivity index (χ2n) is 5.35. The molecule has 1 fully saturated rings. The first-order valence-corrected chi connectivity index (χ1v) is 7.10. The first-order chi connectivity index (χ1) is 10.1. The topological polar surface area (TPSA) is 35.6 Å². The number of carbonyl (C=O) groups is 1. The highest BCUT2D eigenvalue weighted by Crippen LogP contribution is 2.19. The van der Waals surface area contributed by atoms with Gasteiger partial charge in [0.25, 0.3) is 6.43 Å². The number of nitrogens with one attached hydrogen (secondary N) is 1. The molecule has 0 saturated carbocycles. The largest absolute Gasteiger partial charge is 0.339 e. The highest BCUT2D eigenvalue weighted by molar-refractivity contribution is 5.85. The Kier molecular flexibility index (Phi) is 7.72. The number of amides is 1. The van der Waals surface area contributed by atoms with E-state index in [1.165, 1.54) is 12.1 Å². The first kappa shape index (κ1) is 18.8. The lowest BCUT2D eigenvalue weighted by molar-refractivity contribution is -0.132.